The molecule has 0 aliphatic carbocycles. The normalized spacial score (nSPS) is 14.4. The Balaban J connectivity index is 1.44. The van der Waals surface area contributed by atoms with Crippen LogP contribution < -0.4 is 0 Å². The molecule has 1 aliphatic rings. The molecule has 4 rings (SSSR count). The quantitative estimate of drug-likeness (QED) is 0.624. The van der Waals surface area contributed by atoms with E-state index in [1.165, 1.54) is 12.5 Å². The van der Waals surface area contributed by atoms with Gasteiger partial charge in [0.05, 0.1) is 35.0 Å². The lowest BCUT2D eigenvalue weighted by Crippen LogP contribution is -2.50. The van der Waals surface area contributed by atoms with Gasteiger partial charge in [-0.2, -0.15) is 5.10 Å². The van der Waals surface area contributed by atoms with Gasteiger partial charge in [0.1, 0.15) is 6.26 Å². The average Bonchev–Trinajstić information content (AvgIpc) is 3.38. The Morgan fingerprint density at radius 1 is 1.00 bits per heavy atom. The number of nitrogens with zero attached hydrogens (tertiary/aromatic N) is 4. The molecular weight excluding hydrogens is 424 g/mol. The fraction of sp³-hybridized carbons (Fsp3) is 0.250. The first-order chi connectivity index (χ1) is 13.5. The van der Waals surface area contributed by atoms with Crippen LogP contribution in [0.5, 0.6) is 0 Å². The fourth-order valence-electron chi connectivity index (χ4n) is 3.31. The summed E-state index contributed by atoms with van der Waals surface area (Å²) in [5, 5.41) is 4.39. The maximum absolute atomic E-state index is 13.0. The van der Waals surface area contributed by atoms with E-state index >= 15 is 0 Å². The van der Waals surface area contributed by atoms with Crippen molar-refractivity contribution in [3.63, 3.8) is 0 Å². The molecule has 0 radical (unpaired) electrons. The van der Waals surface area contributed by atoms with E-state index in [2.05, 4.69) is 21.0 Å². The van der Waals surface area contributed by atoms with Crippen LogP contribution in [0.4, 0.5) is 0 Å². The Bertz CT molecular complexity index is 987. The Labute approximate surface area is 170 Å². The maximum atomic E-state index is 13.0. The molecule has 1 aliphatic heterocycles. The van der Waals surface area contributed by atoms with Crippen LogP contribution in [0.3, 0.4) is 0 Å². The standard InChI is InChI=1S/C20H19BrN4O3/c1-14-18(12-22-25(14)17-4-2-16(21)3-5-17)20(27)24-9-7-23(8-10-24)19(26)15-6-11-28-13-15/h2-6,11-13H,7-10H2,1H3. The number of amides is 2. The van der Waals surface area contributed by atoms with Crippen LogP contribution in [0.15, 0.2) is 57.9 Å². The van der Waals surface area contributed by atoms with Crippen LogP contribution in [-0.4, -0.2) is 57.6 Å². The molecule has 7 nitrogen and oxygen atoms in total. The Kier molecular flexibility index (Phi) is 5.04. The molecule has 1 fully saturated rings. The van der Waals surface area contributed by atoms with Crippen molar-refractivity contribution >= 4 is 27.7 Å². The molecule has 2 amide bonds. The maximum Gasteiger partial charge on any atom is 0.257 e. The molecule has 2 aromatic heterocycles. The van der Waals surface area contributed by atoms with Gasteiger partial charge in [-0.15, -0.1) is 0 Å². The zero-order valence-electron chi connectivity index (χ0n) is 15.3. The molecule has 28 heavy (non-hydrogen) atoms. The van der Waals surface area contributed by atoms with Crippen molar-refractivity contribution < 1.29 is 14.0 Å². The number of halogens is 1. The molecule has 3 heterocycles. The van der Waals surface area contributed by atoms with E-state index < -0.39 is 0 Å². The van der Waals surface area contributed by atoms with Gasteiger partial charge in [0.2, 0.25) is 0 Å². The number of carbonyl (C=O) groups is 2. The second-order valence-corrected chi connectivity index (χ2v) is 7.54. The van der Waals surface area contributed by atoms with Crippen LogP contribution in [0.2, 0.25) is 0 Å². The number of aromatic nitrogens is 2. The molecule has 8 heteroatoms. The highest BCUT2D eigenvalue weighted by Gasteiger charge is 2.27. The van der Waals surface area contributed by atoms with E-state index in [0.717, 1.165) is 15.9 Å². The summed E-state index contributed by atoms with van der Waals surface area (Å²) >= 11 is 3.42. The number of rotatable bonds is 3. The first-order valence-electron chi connectivity index (χ1n) is 8.96. The third-order valence-corrected chi connectivity index (χ3v) is 5.46. The van der Waals surface area contributed by atoms with Gasteiger partial charge < -0.3 is 14.2 Å². The summed E-state index contributed by atoms with van der Waals surface area (Å²) in [6.45, 7) is 3.86. The van der Waals surface area contributed by atoms with Crippen molar-refractivity contribution in [2.24, 2.45) is 0 Å². The van der Waals surface area contributed by atoms with E-state index in [-0.39, 0.29) is 11.8 Å². The highest BCUT2D eigenvalue weighted by atomic mass is 79.9. The summed E-state index contributed by atoms with van der Waals surface area (Å²) in [7, 11) is 0. The summed E-state index contributed by atoms with van der Waals surface area (Å²) in [6, 6.07) is 9.42. The van der Waals surface area contributed by atoms with E-state index in [1.807, 2.05) is 31.2 Å². The smallest absolute Gasteiger partial charge is 0.257 e. The Morgan fingerprint density at radius 2 is 1.64 bits per heavy atom. The first-order valence-corrected chi connectivity index (χ1v) is 9.75. The largest absolute Gasteiger partial charge is 0.472 e. The van der Waals surface area contributed by atoms with Crippen LogP contribution in [0.25, 0.3) is 5.69 Å². The van der Waals surface area contributed by atoms with Crippen molar-refractivity contribution in [3.8, 4) is 5.69 Å². The summed E-state index contributed by atoms with van der Waals surface area (Å²) in [5.74, 6) is -0.128. The van der Waals surface area contributed by atoms with Crippen LogP contribution in [0, 0.1) is 6.92 Å². The van der Waals surface area contributed by atoms with Gasteiger partial charge in [0.15, 0.2) is 0 Å². The third-order valence-electron chi connectivity index (χ3n) is 4.93. The van der Waals surface area contributed by atoms with Crippen LogP contribution in [-0.2, 0) is 0 Å². The highest BCUT2D eigenvalue weighted by Crippen LogP contribution is 2.19. The number of piperazine rings is 1. The number of furan rings is 1. The molecule has 0 atom stereocenters. The first kappa shape index (κ1) is 18.5. The van der Waals surface area contributed by atoms with Crippen LogP contribution in [0.1, 0.15) is 26.4 Å². The van der Waals surface area contributed by atoms with Crippen molar-refractivity contribution in [3.05, 3.63) is 70.3 Å². The fourth-order valence-corrected chi connectivity index (χ4v) is 3.58. The topological polar surface area (TPSA) is 71.6 Å². The molecule has 0 unspecified atom stereocenters. The van der Waals surface area contributed by atoms with Crippen molar-refractivity contribution in [2.45, 2.75) is 6.92 Å². The van der Waals surface area contributed by atoms with Gasteiger partial charge in [-0.05, 0) is 37.3 Å². The van der Waals surface area contributed by atoms with Crippen molar-refractivity contribution in [1.29, 1.82) is 0 Å². The monoisotopic (exact) mass is 442 g/mol. The predicted molar refractivity (Wildman–Crippen MR) is 107 cm³/mol. The molecule has 1 aromatic carbocycles. The number of hydrogen-bond acceptors (Lipinski definition) is 4. The summed E-state index contributed by atoms with van der Waals surface area (Å²) in [5.41, 5.74) is 2.81. The van der Waals surface area contributed by atoms with Crippen molar-refractivity contribution in [2.75, 3.05) is 26.2 Å². The van der Waals surface area contributed by atoms with Gasteiger partial charge >= 0.3 is 0 Å². The Hall–Kier alpha value is -2.87. The average molecular weight is 443 g/mol. The molecule has 1 saturated heterocycles. The predicted octanol–water partition coefficient (Wildman–Crippen LogP) is 3.13. The minimum atomic E-state index is -0.0694. The second kappa shape index (κ2) is 7.63. The summed E-state index contributed by atoms with van der Waals surface area (Å²) in [4.78, 5) is 28.9. The van der Waals surface area contributed by atoms with E-state index in [0.29, 0.717) is 37.3 Å². The van der Waals surface area contributed by atoms with Crippen LogP contribution >= 0.6 is 15.9 Å². The van der Waals surface area contributed by atoms with Gasteiger partial charge in [-0.3, -0.25) is 9.59 Å². The summed E-state index contributed by atoms with van der Waals surface area (Å²) in [6.07, 6.45) is 4.54. The van der Waals surface area contributed by atoms with Gasteiger partial charge in [-0.1, -0.05) is 15.9 Å². The van der Waals surface area contributed by atoms with Gasteiger partial charge in [0, 0.05) is 30.7 Å². The minimum absolute atomic E-state index is 0.0590. The number of hydrogen-bond donors (Lipinski definition) is 0. The SMILES string of the molecule is Cc1c(C(=O)N2CCN(C(=O)c3ccoc3)CC2)cnn1-c1ccc(Br)cc1. The summed E-state index contributed by atoms with van der Waals surface area (Å²) < 4.78 is 7.73. The van der Waals surface area contributed by atoms with E-state index in [9.17, 15) is 9.59 Å². The molecule has 0 bridgehead atoms. The van der Waals surface area contributed by atoms with E-state index in [4.69, 9.17) is 4.42 Å². The van der Waals surface area contributed by atoms with Gasteiger partial charge in [-0.25, -0.2) is 4.68 Å². The zero-order chi connectivity index (χ0) is 19.7. The molecule has 144 valence electrons. The lowest BCUT2D eigenvalue weighted by Gasteiger charge is -2.34. The molecule has 3 aromatic rings. The minimum Gasteiger partial charge on any atom is -0.472 e. The molecular formula is C20H19BrN4O3. The highest BCUT2D eigenvalue weighted by molar-refractivity contribution is 9.10. The third kappa shape index (κ3) is 3.47. The van der Waals surface area contributed by atoms with Crippen molar-refractivity contribution in [1.82, 2.24) is 19.6 Å². The second-order valence-electron chi connectivity index (χ2n) is 6.63. The Morgan fingerprint density at radius 3 is 2.25 bits per heavy atom. The zero-order valence-corrected chi connectivity index (χ0v) is 16.9. The lowest BCUT2D eigenvalue weighted by molar-refractivity contribution is 0.0534. The number of carbonyl (C=O) groups excluding carboxylic acids is 2. The molecule has 0 spiro atoms. The molecule has 0 N–H and O–H groups in total. The number of benzene rings is 1. The lowest BCUT2D eigenvalue weighted by atomic mass is 10.2. The van der Waals surface area contributed by atoms with Gasteiger partial charge in [0.25, 0.3) is 11.8 Å². The molecule has 0 saturated carbocycles. The van der Waals surface area contributed by atoms with E-state index in [1.54, 1.807) is 26.7 Å².